The highest BCUT2D eigenvalue weighted by atomic mass is 19.1. The summed E-state index contributed by atoms with van der Waals surface area (Å²) in [5.74, 6) is -0.652. The van der Waals surface area contributed by atoms with E-state index in [1.807, 2.05) is 6.92 Å². The van der Waals surface area contributed by atoms with Crippen LogP contribution in [-0.2, 0) is 12.8 Å². The Balaban J connectivity index is 2.16. The quantitative estimate of drug-likeness (QED) is 0.752. The summed E-state index contributed by atoms with van der Waals surface area (Å²) in [5.41, 5.74) is 4.41. The van der Waals surface area contributed by atoms with Gasteiger partial charge in [0.2, 0.25) is 0 Å². The molecule has 0 atom stereocenters. The second-order valence-corrected chi connectivity index (χ2v) is 5.12. The van der Waals surface area contributed by atoms with Crippen LogP contribution in [0, 0.1) is 32.4 Å². The van der Waals surface area contributed by atoms with Crippen LogP contribution in [0.3, 0.4) is 0 Å². The Morgan fingerprint density at radius 3 is 2.11 bits per heavy atom. The highest BCUT2D eigenvalue weighted by molar-refractivity contribution is 5.32. The number of rotatable bonds is 3. The van der Waals surface area contributed by atoms with E-state index in [4.69, 9.17) is 0 Å². The molecule has 0 bridgehead atoms. The average Bonchev–Trinajstić information content (AvgIpc) is 2.34. The Kier molecular flexibility index (Phi) is 3.98. The van der Waals surface area contributed by atoms with Crippen molar-refractivity contribution in [3.05, 3.63) is 69.8 Å². The van der Waals surface area contributed by atoms with E-state index in [-0.39, 0.29) is 11.6 Å². The molecule has 0 aromatic heterocycles. The summed E-state index contributed by atoms with van der Waals surface area (Å²) in [6.07, 6.45) is 1.25. The second-order valence-electron chi connectivity index (χ2n) is 5.12. The van der Waals surface area contributed by atoms with E-state index in [2.05, 4.69) is 25.1 Å². The first-order valence-electron chi connectivity index (χ1n) is 6.48. The summed E-state index contributed by atoms with van der Waals surface area (Å²) in [7, 11) is 0. The van der Waals surface area contributed by atoms with Gasteiger partial charge in [0.25, 0.3) is 0 Å². The molecule has 0 radical (unpaired) electrons. The van der Waals surface area contributed by atoms with Gasteiger partial charge < -0.3 is 0 Å². The maximum atomic E-state index is 13.7. The summed E-state index contributed by atoms with van der Waals surface area (Å²) in [6.45, 7) is 5.67. The summed E-state index contributed by atoms with van der Waals surface area (Å²) in [4.78, 5) is 0. The van der Waals surface area contributed by atoms with Gasteiger partial charge in [0.1, 0.15) is 11.6 Å². The molecule has 0 aliphatic rings. The van der Waals surface area contributed by atoms with Gasteiger partial charge in [-0.2, -0.15) is 0 Å². The highest BCUT2D eigenvalue weighted by Crippen LogP contribution is 2.18. The predicted octanol–water partition coefficient (Wildman–Crippen LogP) is 4.68. The van der Waals surface area contributed by atoms with Crippen LogP contribution in [0.2, 0.25) is 0 Å². The van der Waals surface area contributed by atoms with Crippen molar-refractivity contribution in [2.75, 3.05) is 0 Å². The Bertz CT molecular complexity index is 600. The molecule has 0 amide bonds. The third-order valence-electron chi connectivity index (χ3n) is 3.49. The number of aryl methyl sites for hydroxylation is 5. The SMILES string of the molecule is Cc1ccc(CCc2cc(F)c(C)cc2F)c(C)c1. The molecule has 2 heteroatoms. The van der Waals surface area contributed by atoms with Gasteiger partial charge in [-0.3, -0.25) is 0 Å². The topological polar surface area (TPSA) is 0 Å². The van der Waals surface area contributed by atoms with E-state index in [0.29, 0.717) is 17.5 Å². The fourth-order valence-corrected chi connectivity index (χ4v) is 2.27. The van der Waals surface area contributed by atoms with Crippen LogP contribution in [0.4, 0.5) is 8.78 Å². The maximum Gasteiger partial charge on any atom is 0.126 e. The van der Waals surface area contributed by atoms with E-state index in [1.165, 1.54) is 28.8 Å². The molecule has 0 nitrogen and oxygen atoms in total. The molecule has 0 heterocycles. The normalized spacial score (nSPS) is 10.8. The van der Waals surface area contributed by atoms with Crippen molar-refractivity contribution in [3.8, 4) is 0 Å². The second kappa shape index (κ2) is 5.52. The molecular formula is C17H18F2. The van der Waals surface area contributed by atoms with Gasteiger partial charge in [0.05, 0.1) is 0 Å². The van der Waals surface area contributed by atoms with Gasteiger partial charge >= 0.3 is 0 Å². The monoisotopic (exact) mass is 260 g/mol. The van der Waals surface area contributed by atoms with Crippen molar-refractivity contribution in [2.24, 2.45) is 0 Å². The number of hydrogen-bond acceptors (Lipinski definition) is 0. The van der Waals surface area contributed by atoms with Crippen LogP contribution >= 0.6 is 0 Å². The molecule has 0 N–H and O–H groups in total. The molecule has 0 saturated carbocycles. The largest absolute Gasteiger partial charge is 0.207 e. The van der Waals surface area contributed by atoms with Gasteiger partial charge in [0.15, 0.2) is 0 Å². The smallest absolute Gasteiger partial charge is 0.126 e. The zero-order valence-electron chi connectivity index (χ0n) is 11.6. The number of hydrogen-bond donors (Lipinski definition) is 0. The van der Waals surface area contributed by atoms with E-state index in [1.54, 1.807) is 6.92 Å². The molecule has 0 saturated heterocycles. The van der Waals surface area contributed by atoms with Gasteiger partial charge in [0, 0.05) is 0 Å². The molecule has 19 heavy (non-hydrogen) atoms. The fourth-order valence-electron chi connectivity index (χ4n) is 2.27. The Labute approximate surface area is 113 Å². The first-order chi connectivity index (χ1) is 8.97. The first-order valence-corrected chi connectivity index (χ1v) is 6.48. The Hall–Kier alpha value is -1.70. The van der Waals surface area contributed by atoms with Crippen molar-refractivity contribution in [3.63, 3.8) is 0 Å². The van der Waals surface area contributed by atoms with Crippen molar-refractivity contribution >= 4 is 0 Å². The van der Waals surface area contributed by atoms with Crippen LogP contribution in [0.5, 0.6) is 0 Å². The van der Waals surface area contributed by atoms with Crippen LogP contribution in [-0.4, -0.2) is 0 Å². The van der Waals surface area contributed by atoms with E-state index < -0.39 is 0 Å². The van der Waals surface area contributed by atoms with E-state index in [0.717, 1.165) is 6.42 Å². The fraction of sp³-hybridized carbons (Fsp3) is 0.294. The minimum Gasteiger partial charge on any atom is -0.207 e. The number of benzene rings is 2. The highest BCUT2D eigenvalue weighted by Gasteiger charge is 2.08. The van der Waals surface area contributed by atoms with Gasteiger partial charge in [-0.1, -0.05) is 23.8 Å². The molecule has 2 aromatic rings. The third kappa shape index (κ3) is 3.19. The summed E-state index contributed by atoms with van der Waals surface area (Å²) in [6, 6.07) is 8.81. The third-order valence-corrected chi connectivity index (χ3v) is 3.49. The van der Waals surface area contributed by atoms with Crippen LogP contribution < -0.4 is 0 Å². The number of halogens is 2. The molecule has 0 aliphatic carbocycles. The molecule has 2 rings (SSSR count). The van der Waals surface area contributed by atoms with Gasteiger partial charge in [-0.25, -0.2) is 8.78 Å². The lowest BCUT2D eigenvalue weighted by Crippen LogP contribution is -1.99. The van der Waals surface area contributed by atoms with E-state index in [9.17, 15) is 8.78 Å². The Morgan fingerprint density at radius 2 is 1.42 bits per heavy atom. The van der Waals surface area contributed by atoms with Crippen LogP contribution in [0.15, 0.2) is 30.3 Å². The van der Waals surface area contributed by atoms with E-state index >= 15 is 0 Å². The molecule has 100 valence electrons. The minimum absolute atomic E-state index is 0.316. The van der Waals surface area contributed by atoms with Crippen LogP contribution in [0.1, 0.15) is 27.8 Å². The first kappa shape index (κ1) is 13.7. The molecule has 2 aromatic carbocycles. The summed E-state index contributed by atoms with van der Waals surface area (Å²) >= 11 is 0. The zero-order chi connectivity index (χ0) is 14.0. The van der Waals surface area contributed by atoms with Crippen molar-refractivity contribution in [2.45, 2.75) is 33.6 Å². The molecular weight excluding hydrogens is 242 g/mol. The molecule has 0 aliphatic heterocycles. The molecule has 0 fully saturated rings. The van der Waals surface area contributed by atoms with Crippen molar-refractivity contribution < 1.29 is 8.78 Å². The lowest BCUT2D eigenvalue weighted by Gasteiger charge is -2.09. The lowest BCUT2D eigenvalue weighted by atomic mass is 9.98. The lowest BCUT2D eigenvalue weighted by molar-refractivity contribution is 0.577. The van der Waals surface area contributed by atoms with Gasteiger partial charge in [-0.05, 0) is 68.0 Å². The molecule has 0 unspecified atom stereocenters. The van der Waals surface area contributed by atoms with Crippen LogP contribution in [0.25, 0.3) is 0 Å². The summed E-state index contributed by atoms with van der Waals surface area (Å²) in [5, 5.41) is 0. The Morgan fingerprint density at radius 1 is 0.737 bits per heavy atom. The summed E-state index contributed by atoms with van der Waals surface area (Å²) < 4.78 is 27.2. The van der Waals surface area contributed by atoms with Gasteiger partial charge in [-0.15, -0.1) is 0 Å². The minimum atomic E-state index is -0.336. The standard InChI is InChI=1S/C17H18F2/c1-11-4-5-14(12(2)8-11)6-7-15-10-16(18)13(3)9-17(15)19/h4-5,8-10H,6-7H2,1-3H3. The average molecular weight is 260 g/mol. The predicted molar refractivity (Wildman–Crippen MR) is 74.4 cm³/mol. The maximum absolute atomic E-state index is 13.7. The van der Waals surface area contributed by atoms with Crippen molar-refractivity contribution in [1.82, 2.24) is 0 Å². The molecule has 0 spiro atoms. The van der Waals surface area contributed by atoms with Crippen molar-refractivity contribution in [1.29, 1.82) is 0 Å². The zero-order valence-corrected chi connectivity index (χ0v) is 11.6.